The first-order valence-electron chi connectivity index (χ1n) is 8.10. The van der Waals surface area contributed by atoms with Gasteiger partial charge in [-0.2, -0.15) is 5.10 Å². The van der Waals surface area contributed by atoms with Gasteiger partial charge in [-0.3, -0.25) is 9.89 Å². The Kier molecular flexibility index (Phi) is 5.43. The summed E-state index contributed by atoms with van der Waals surface area (Å²) in [6, 6.07) is 14.8. The molecule has 0 bridgehead atoms. The standard InChI is InChI=1S/C19H20N4O2/c20-9-4-10-25-18-11-14(15-12-21-22-13-15)7-8-17(18)19(24)23-16-5-2-1-3-6-16/h1-3,5-8,11-13H,4,9-10,20H2,(H,21,22)(H,23,24). The lowest BCUT2D eigenvalue weighted by atomic mass is 10.1. The van der Waals surface area contributed by atoms with Crippen LogP contribution in [-0.2, 0) is 0 Å². The third-order valence-corrected chi connectivity index (χ3v) is 3.70. The second-order valence-electron chi connectivity index (χ2n) is 5.51. The number of carbonyl (C=O) groups excluding carboxylic acids is 1. The van der Waals surface area contributed by atoms with Gasteiger partial charge in [-0.05, 0) is 42.8 Å². The Morgan fingerprint density at radius 2 is 2.00 bits per heavy atom. The van der Waals surface area contributed by atoms with Gasteiger partial charge in [-0.25, -0.2) is 0 Å². The van der Waals surface area contributed by atoms with Gasteiger partial charge in [-0.15, -0.1) is 0 Å². The van der Waals surface area contributed by atoms with Crippen molar-refractivity contribution in [3.63, 3.8) is 0 Å². The first kappa shape index (κ1) is 16.7. The van der Waals surface area contributed by atoms with Crippen molar-refractivity contribution in [1.29, 1.82) is 0 Å². The highest BCUT2D eigenvalue weighted by Gasteiger charge is 2.15. The minimum atomic E-state index is -0.215. The number of nitrogens with one attached hydrogen (secondary N) is 2. The maximum Gasteiger partial charge on any atom is 0.259 e. The molecule has 0 fully saturated rings. The predicted molar refractivity (Wildman–Crippen MR) is 97.6 cm³/mol. The average molecular weight is 336 g/mol. The first-order chi connectivity index (χ1) is 12.3. The molecule has 3 aromatic rings. The number of aromatic amines is 1. The van der Waals surface area contributed by atoms with E-state index in [1.165, 1.54) is 0 Å². The molecule has 0 aliphatic heterocycles. The summed E-state index contributed by atoms with van der Waals surface area (Å²) in [4.78, 5) is 12.6. The van der Waals surface area contributed by atoms with Crippen LogP contribution >= 0.6 is 0 Å². The lowest BCUT2D eigenvalue weighted by molar-refractivity contribution is 0.102. The molecule has 4 N–H and O–H groups in total. The Morgan fingerprint density at radius 3 is 2.72 bits per heavy atom. The molecule has 0 spiro atoms. The van der Waals surface area contributed by atoms with E-state index in [2.05, 4.69) is 15.5 Å². The number of H-pyrrole nitrogens is 1. The minimum absolute atomic E-state index is 0.215. The highest BCUT2D eigenvalue weighted by atomic mass is 16.5. The molecule has 128 valence electrons. The summed E-state index contributed by atoms with van der Waals surface area (Å²) in [7, 11) is 0. The van der Waals surface area contributed by atoms with Crippen LogP contribution in [0.5, 0.6) is 5.75 Å². The van der Waals surface area contributed by atoms with Crippen LogP contribution in [0.2, 0.25) is 0 Å². The number of benzene rings is 2. The van der Waals surface area contributed by atoms with Crippen LogP contribution in [0.15, 0.2) is 60.9 Å². The maximum absolute atomic E-state index is 12.6. The maximum atomic E-state index is 12.6. The van der Waals surface area contributed by atoms with Crippen molar-refractivity contribution >= 4 is 11.6 Å². The molecule has 0 atom stereocenters. The highest BCUT2D eigenvalue weighted by Crippen LogP contribution is 2.28. The summed E-state index contributed by atoms with van der Waals surface area (Å²) < 4.78 is 5.80. The zero-order valence-electron chi connectivity index (χ0n) is 13.7. The van der Waals surface area contributed by atoms with Gasteiger partial charge >= 0.3 is 0 Å². The van der Waals surface area contributed by atoms with Gasteiger partial charge in [0.1, 0.15) is 5.75 Å². The molecular weight excluding hydrogens is 316 g/mol. The Balaban J connectivity index is 1.86. The molecule has 1 heterocycles. The van der Waals surface area contributed by atoms with E-state index in [1.807, 2.05) is 42.5 Å². The predicted octanol–water partition coefficient (Wildman–Crippen LogP) is 3.06. The number of rotatable bonds is 7. The number of amides is 1. The number of hydrogen-bond donors (Lipinski definition) is 3. The fourth-order valence-electron chi connectivity index (χ4n) is 2.40. The van der Waals surface area contributed by atoms with Crippen LogP contribution in [0.1, 0.15) is 16.8 Å². The molecule has 0 saturated carbocycles. The molecule has 1 aromatic heterocycles. The van der Waals surface area contributed by atoms with Crippen LogP contribution in [0.3, 0.4) is 0 Å². The zero-order valence-corrected chi connectivity index (χ0v) is 13.7. The number of nitrogens with zero attached hydrogens (tertiary/aromatic N) is 1. The fourth-order valence-corrected chi connectivity index (χ4v) is 2.40. The van der Waals surface area contributed by atoms with Crippen LogP contribution in [-0.4, -0.2) is 29.3 Å². The van der Waals surface area contributed by atoms with Crippen molar-refractivity contribution in [2.75, 3.05) is 18.5 Å². The van der Waals surface area contributed by atoms with Crippen LogP contribution in [0.4, 0.5) is 5.69 Å². The van der Waals surface area contributed by atoms with Crippen molar-refractivity contribution in [3.05, 3.63) is 66.5 Å². The van der Waals surface area contributed by atoms with E-state index in [0.717, 1.165) is 23.2 Å². The first-order valence-corrected chi connectivity index (χ1v) is 8.10. The Bertz CT molecular complexity index is 817. The largest absolute Gasteiger partial charge is 0.493 e. The van der Waals surface area contributed by atoms with E-state index in [9.17, 15) is 4.79 Å². The van der Waals surface area contributed by atoms with Crippen LogP contribution in [0.25, 0.3) is 11.1 Å². The lowest BCUT2D eigenvalue weighted by Gasteiger charge is -2.13. The summed E-state index contributed by atoms with van der Waals surface area (Å²) >= 11 is 0. The summed E-state index contributed by atoms with van der Waals surface area (Å²) in [5.74, 6) is 0.313. The fraction of sp³-hybridized carbons (Fsp3) is 0.158. The van der Waals surface area contributed by atoms with Crippen LogP contribution < -0.4 is 15.8 Å². The lowest BCUT2D eigenvalue weighted by Crippen LogP contribution is -2.14. The zero-order chi connectivity index (χ0) is 17.5. The molecular formula is C19H20N4O2. The molecule has 6 heteroatoms. The van der Waals surface area contributed by atoms with Gasteiger partial charge in [0.05, 0.1) is 18.4 Å². The molecule has 2 aromatic carbocycles. The normalized spacial score (nSPS) is 10.4. The molecule has 0 saturated heterocycles. The molecule has 1 amide bonds. The second-order valence-corrected chi connectivity index (χ2v) is 5.51. The van der Waals surface area contributed by atoms with E-state index in [0.29, 0.717) is 24.5 Å². The van der Waals surface area contributed by atoms with Crippen LogP contribution in [0, 0.1) is 0 Å². The van der Waals surface area contributed by atoms with Crippen molar-refractivity contribution in [2.24, 2.45) is 5.73 Å². The smallest absolute Gasteiger partial charge is 0.259 e. The molecule has 0 radical (unpaired) electrons. The molecule has 3 rings (SSSR count). The Morgan fingerprint density at radius 1 is 1.16 bits per heavy atom. The van der Waals surface area contributed by atoms with Crippen molar-refractivity contribution in [2.45, 2.75) is 6.42 Å². The molecule has 0 aliphatic carbocycles. The minimum Gasteiger partial charge on any atom is -0.493 e. The number of para-hydroxylation sites is 1. The third kappa shape index (κ3) is 4.24. The third-order valence-electron chi connectivity index (χ3n) is 3.70. The summed E-state index contributed by atoms with van der Waals surface area (Å²) in [5, 5.41) is 9.62. The van der Waals surface area contributed by atoms with E-state index in [1.54, 1.807) is 18.5 Å². The number of hydrogen-bond acceptors (Lipinski definition) is 4. The number of aromatic nitrogens is 2. The second kappa shape index (κ2) is 8.12. The SMILES string of the molecule is NCCCOc1cc(-c2cn[nH]c2)ccc1C(=O)Nc1ccccc1. The quantitative estimate of drug-likeness (QED) is 0.578. The van der Waals surface area contributed by atoms with E-state index in [4.69, 9.17) is 10.5 Å². The summed E-state index contributed by atoms with van der Waals surface area (Å²) in [6.45, 7) is 0.990. The van der Waals surface area contributed by atoms with E-state index < -0.39 is 0 Å². The van der Waals surface area contributed by atoms with Gasteiger partial charge in [0.15, 0.2) is 0 Å². The number of carbonyl (C=O) groups is 1. The highest BCUT2D eigenvalue weighted by molar-refractivity contribution is 6.06. The molecule has 25 heavy (non-hydrogen) atoms. The Hall–Kier alpha value is -3.12. The van der Waals surface area contributed by atoms with Gasteiger partial charge in [0.2, 0.25) is 0 Å². The van der Waals surface area contributed by atoms with Gasteiger partial charge in [-0.1, -0.05) is 24.3 Å². The molecule has 0 unspecified atom stereocenters. The van der Waals surface area contributed by atoms with Crippen molar-refractivity contribution in [1.82, 2.24) is 10.2 Å². The topological polar surface area (TPSA) is 93.0 Å². The number of nitrogens with two attached hydrogens (primary N) is 1. The monoisotopic (exact) mass is 336 g/mol. The average Bonchev–Trinajstić information content (AvgIpc) is 3.17. The van der Waals surface area contributed by atoms with E-state index in [-0.39, 0.29) is 5.91 Å². The van der Waals surface area contributed by atoms with Gasteiger partial charge in [0, 0.05) is 17.4 Å². The molecule has 6 nitrogen and oxygen atoms in total. The Labute approximate surface area is 146 Å². The van der Waals surface area contributed by atoms with E-state index >= 15 is 0 Å². The molecule has 0 aliphatic rings. The summed E-state index contributed by atoms with van der Waals surface area (Å²) in [5.41, 5.74) is 8.60. The number of anilines is 1. The van der Waals surface area contributed by atoms with Crippen molar-refractivity contribution in [3.8, 4) is 16.9 Å². The number of ether oxygens (including phenoxy) is 1. The van der Waals surface area contributed by atoms with Gasteiger partial charge in [0.25, 0.3) is 5.91 Å². The summed E-state index contributed by atoms with van der Waals surface area (Å²) in [6.07, 6.45) is 4.24. The van der Waals surface area contributed by atoms with Crippen molar-refractivity contribution < 1.29 is 9.53 Å². The van der Waals surface area contributed by atoms with Gasteiger partial charge < -0.3 is 15.8 Å².